The Bertz CT molecular complexity index is 493. The van der Waals surface area contributed by atoms with E-state index in [2.05, 4.69) is 27.5 Å². The van der Waals surface area contributed by atoms with Gasteiger partial charge in [0.25, 0.3) is 0 Å². The van der Waals surface area contributed by atoms with Gasteiger partial charge in [-0.15, -0.1) is 6.58 Å². The summed E-state index contributed by atoms with van der Waals surface area (Å²) in [7, 11) is 0. The number of carbonyl (C=O) groups excluding carboxylic acids is 1. The van der Waals surface area contributed by atoms with Gasteiger partial charge in [-0.3, -0.25) is 0 Å². The summed E-state index contributed by atoms with van der Waals surface area (Å²) in [5, 5.41) is 8.42. The molecule has 6 nitrogen and oxygen atoms in total. The van der Waals surface area contributed by atoms with Crippen molar-refractivity contribution in [3.63, 3.8) is 0 Å². The maximum atomic E-state index is 11.5. The average molecular weight is 289 g/mol. The SMILES string of the molecule is C=CCNC(N)=NCc1ccc(NC(=O)NC(C)C)cc1. The minimum absolute atomic E-state index is 0.102. The van der Waals surface area contributed by atoms with Crippen LogP contribution in [0.4, 0.5) is 10.5 Å². The molecule has 0 aromatic heterocycles. The maximum Gasteiger partial charge on any atom is 0.319 e. The largest absolute Gasteiger partial charge is 0.370 e. The van der Waals surface area contributed by atoms with E-state index >= 15 is 0 Å². The monoisotopic (exact) mass is 289 g/mol. The lowest BCUT2D eigenvalue weighted by molar-refractivity contribution is 0.250. The number of aliphatic imine (C=N–C) groups is 1. The van der Waals surface area contributed by atoms with Gasteiger partial charge in [0, 0.05) is 18.3 Å². The molecule has 0 heterocycles. The van der Waals surface area contributed by atoms with Gasteiger partial charge in [-0.05, 0) is 31.5 Å². The van der Waals surface area contributed by atoms with Crippen LogP contribution in [0.15, 0.2) is 41.9 Å². The minimum atomic E-state index is -0.214. The fourth-order valence-electron chi connectivity index (χ4n) is 1.53. The second kappa shape index (κ2) is 8.63. The number of amides is 2. The Morgan fingerprint density at radius 2 is 2.05 bits per heavy atom. The predicted octanol–water partition coefficient (Wildman–Crippen LogP) is 1.81. The molecule has 0 saturated carbocycles. The molecule has 0 aliphatic heterocycles. The van der Waals surface area contributed by atoms with Crippen LogP contribution in [0.25, 0.3) is 0 Å². The first kappa shape index (κ1) is 16.6. The quantitative estimate of drug-likeness (QED) is 0.365. The van der Waals surface area contributed by atoms with E-state index < -0.39 is 0 Å². The zero-order valence-electron chi connectivity index (χ0n) is 12.5. The van der Waals surface area contributed by atoms with Crippen LogP contribution in [-0.4, -0.2) is 24.6 Å². The Balaban J connectivity index is 2.50. The second-order valence-corrected chi connectivity index (χ2v) is 4.82. The molecule has 0 unspecified atom stereocenters. The lowest BCUT2D eigenvalue weighted by Crippen LogP contribution is -2.34. The van der Waals surface area contributed by atoms with Crippen molar-refractivity contribution in [1.82, 2.24) is 10.6 Å². The van der Waals surface area contributed by atoms with Gasteiger partial charge in [-0.1, -0.05) is 18.2 Å². The maximum absolute atomic E-state index is 11.5. The van der Waals surface area contributed by atoms with Gasteiger partial charge in [0.2, 0.25) is 0 Å². The number of urea groups is 1. The van der Waals surface area contributed by atoms with Crippen molar-refractivity contribution >= 4 is 17.7 Å². The van der Waals surface area contributed by atoms with E-state index in [1.54, 1.807) is 6.08 Å². The summed E-state index contributed by atoms with van der Waals surface area (Å²) in [6.07, 6.45) is 1.71. The first-order chi connectivity index (χ1) is 10.0. The van der Waals surface area contributed by atoms with Crippen molar-refractivity contribution in [3.8, 4) is 0 Å². The smallest absolute Gasteiger partial charge is 0.319 e. The van der Waals surface area contributed by atoms with Crippen molar-refractivity contribution in [1.29, 1.82) is 0 Å². The molecule has 1 aromatic rings. The van der Waals surface area contributed by atoms with Gasteiger partial charge in [0.05, 0.1) is 6.54 Å². The number of anilines is 1. The summed E-state index contributed by atoms with van der Waals surface area (Å²) >= 11 is 0. The van der Waals surface area contributed by atoms with Crippen molar-refractivity contribution in [2.45, 2.75) is 26.4 Å². The number of nitrogens with two attached hydrogens (primary N) is 1. The molecule has 5 N–H and O–H groups in total. The molecule has 114 valence electrons. The minimum Gasteiger partial charge on any atom is -0.370 e. The van der Waals surface area contributed by atoms with Crippen LogP contribution in [0.5, 0.6) is 0 Å². The van der Waals surface area contributed by atoms with E-state index in [1.807, 2.05) is 38.1 Å². The van der Waals surface area contributed by atoms with E-state index in [0.29, 0.717) is 19.0 Å². The Labute approximate surface area is 125 Å². The van der Waals surface area contributed by atoms with Gasteiger partial charge in [0.1, 0.15) is 0 Å². The summed E-state index contributed by atoms with van der Waals surface area (Å²) in [5.41, 5.74) is 7.42. The number of hydrogen-bond donors (Lipinski definition) is 4. The zero-order chi connectivity index (χ0) is 15.7. The molecule has 0 aliphatic carbocycles. The molecule has 6 heteroatoms. The van der Waals surface area contributed by atoms with Crippen LogP contribution < -0.4 is 21.7 Å². The van der Waals surface area contributed by atoms with E-state index in [-0.39, 0.29) is 12.1 Å². The highest BCUT2D eigenvalue weighted by molar-refractivity contribution is 5.89. The third-order valence-corrected chi connectivity index (χ3v) is 2.49. The molecule has 0 radical (unpaired) electrons. The Hall–Kier alpha value is -2.50. The van der Waals surface area contributed by atoms with Gasteiger partial charge < -0.3 is 21.7 Å². The van der Waals surface area contributed by atoms with Crippen LogP contribution in [-0.2, 0) is 6.54 Å². The predicted molar refractivity (Wildman–Crippen MR) is 87.3 cm³/mol. The highest BCUT2D eigenvalue weighted by Gasteiger charge is 2.03. The number of guanidine groups is 1. The van der Waals surface area contributed by atoms with E-state index in [9.17, 15) is 4.79 Å². The van der Waals surface area contributed by atoms with E-state index in [4.69, 9.17) is 5.73 Å². The number of rotatable bonds is 6. The number of nitrogens with zero attached hydrogens (tertiary/aromatic N) is 1. The van der Waals surface area contributed by atoms with Gasteiger partial charge in [-0.2, -0.15) is 0 Å². The van der Waals surface area contributed by atoms with E-state index in [1.165, 1.54) is 0 Å². The number of hydrogen-bond acceptors (Lipinski definition) is 2. The molecule has 2 amide bonds. The molecule has 1 aromatic carbocycles. The second-order valence-electron chi connectivity index (χ2n) is 4.82. The normalized spacial score (nSPS) is 11.1. The summed E-state index contributed by atoms with van der Waals surface area (Å²) in [5.74, 6) is 0.383. The van der Waals surface area contributed by atoms with Crippen molar-refractivity contribution in [2.24, 2.45) is 10.7 Å². The third-order valence-electron chi connectivity index (χ3n) is 2.49. The van der Waals surface area contributed by atoms with Crippen molar-refractivity contribution < 1.29 is 4.79 Å². The molecule has 0 spiro atoms. The highest BCUT2D eigenvalue weighted by atomic mass is 16.2. The first-order valence-electron chi connectivity index (χ1n) is 6.82. The van der Waals surface area contributed by atoms with E-state index in [0.717, 1.165) is 11.3 Å². The summed E-state index contributed by atoms with van der Waals surface area (Å²) < 4.78 is 0. The Morgan fingerprint density at radius 3 is 2.62 bits per heavy atom. The standard InChI is InChI=1S/C15H23N5O/c1-4-9-17-14(16)18-10-12-5-7-13(8-6-12)20-15(21)19-11(2)3/h4-8,11H,1,9-10H2,2-3H3,(H3,16,17,18)(H2,19,20,21). The molecule has 0 fully saturated rings. The summed E-state index contributed by atoms with van der Waals surface area (Å²) in [6, 6.07) is 7.35. The summed E-state index contributed by atoms with van der Waals surface area (Å²) in [4.78, 5) is 15.7. The van der Waals surface area contributed by atoms with Crippen LogP contribution in [0, 0.1) is 0 Å². The topological polar surface area (TPSA) is 91.5 Å². The summed E-state index contributed by atoms with van der Waals surface area (Å²) in [6.45, 7) is 8.47. The van der Waals surface area contributed by atoms with Gasteiger partial charge >= 0.3 is 6.03 Å². The number of carbonyl (C=O) groups is 1. The van der Waals surface area contributed by atoms with Crippen LogP contribution in [0.1, 0.15) is 19.4 Å². The van der Waals surface area contributed by atoms with Crippen LogP contribution in [0.2, 0.25) is 0 Å². The number of benzene rings is 1. The fraction of sp³-hybridized carbons (Fsp3) is 0.333. The first-order valence-corrected chi connectivity index (χ1v) is 6.82. The Kier molecular flexibility index (Phi) is 6.80. The Morgan fingerprint density at radius 1 is 1.38 bits per heavy atom. The lowest BCUT2D eigenvalue weighted by atomic mass is 10.2. The van der Waals surface area contributed by atoms with Crippen molar-refractivity contribution in [2.75, 3.05) is 11.9 Å². The molecule has 1 rings (SSSR count). The van der Waals surface area contributed by atoms with Crippen LogP contribution in [0.3, 0.4) is 0 Å². The van der Waals surface area contributed by atoms with Gasteiger partial charge in [-0.25, -0.2) is 9.79 Å². The lowest BCUT2D eigenvalue weighted by Gasteiger charge is -2.10. The molecule has 0 atom stereocenters. The number of nitrogens with one attached hydrogen (secondary N) is 3. The average Bonchev–Trinajstić information content (AvgIpc) is 2.43. The fourth-order valence-corrected chi connectivity index (χ4v) is 1.53. The molecular formula is C15H23N5O. The highest BCUT2D eigenvalue weighted by Crippen LogP contribution is 2.10. The van der Waals surface area contributed by atoms with Crippen LogP contribution >= 0.6 is 0 Å². The molecule has 0 aliphatic rings. The molecule has 0 saturated heterocycles. The molecule has 0 bridgehead atoms. The van der Waals surface area contributed by atoms with Crippen molar-refractivity contribution in [3.05, 3.63) is 42.5 Å². The molecular weight excluding hydrogens is 266 g/mol. The third kappa shape index (κ3) is 7.00. The van der Waals surface area contributed by atoms with Gasteiger partial charge in [0.15, 0.2) is 5.96 Å². The molecule has 21 heavy (non-hydrogen) atoms. The zero-order valence-corrected chi connectivity index (χ0v) is 12.5.